The van der Waals surface area contributed by atoms with E-state index in [1.54, 1.807) is 6.07 Å². The van der Waals surface area contributed by atoms with Gasteiger partial charge in [-0.3, -0.25) is 9.78 Å². The number of imidazole rings is 1. The third kappa shape index (κ3) is 2.28. The molecule has 0 aliphatic rings. The first-order valence-corrected chi connectivity index (χ1v) is 5.75. The van der Waals surface area contributed by atoms with Gasteiger partial charge in [-0.1, -0.05) is 0 Å². The number of pyridine rings is 1. The van der Waals surface area contributed by atoms with Crippen LogP contribution in [0.25, 0.3) is 5.65 Å². The summed E-state index contributed by atoms with van der Waals surface area (Å²) in [4.78, 5) is 24.0. The van der Waals surface area contributed by atoms with Crippen LogP contribution in [0.5, 0.6) is 0 Å². The van der Waals surface area contributed by atoms with Gasteiger partial charge in [0.25, 0.3) is 5.91 Å². The van der Waals surface area contributed by atoms with Crippen molar-refractivity contribution in [3.05, 3.63) is 54.5 Å². The Balaban J connectivity index is 1.87. The van der Waals surface area contributed by atoms with Gasteiger partial charge in [0, 0.05) is 24.8 Å². The molecule has 0 bridgehead atoms. The summed E-state index contributed by atoms with van der Waals surface area (Å²) < 4.78 is 1.86. The van der Waals surface area contributed by atoms with Gasteiger partial charge in [0.05, 0.1) is 17.6 Å². The highest BCUT2D eigenvalue weighted by molar-refractivity contribution is 6.02. The number of anilines is 1. The highest BCUT2D eigenvalue weighted by atomic mass is 16.1. The summed E-state index contributed by atoms with van der Waals surface area (Å²) >= 11 is 0. The Morgan fingerprint density at radius 1 is 1.26 bits per heavy atom. The van der Waals surface area contributed by atoms with Crippen molar-refractivity contribution in [3.8, 4) is 0 Å². The molecule has 3 aromatic heterocycles. The van der Waals surface area contributed by atoms with E-state index in [0.717, 1.165) is 11.3 Å². The smallest absolute Gasteiger partial charge is 0.275 e. The first kappa shape index (κ1) is 11.3. The first-order valence-electron chi connectivity index (χ1n) is 5.75. The number of aromatic nitrogens is 4. The lowest BCUT2D eigenvalue weighted by atomic mass is 10.3. The fourth-order valence-electron chi connectivity index (χ4n) is 1.80. The summed E-state index contributed by atoms with van der Waals surface area (Å²) in [5, 5.41) is 2.77. The monoisotopic (exact) mass is 253 g/mol. The van der Waals surface area contributed by atoms with Gasteiger partial charge in [-0.25, -0.2) is 9.97 Å². The zero-order valence-corrected chi connectivity index (χ0v) is 10.2. The van der Waals surface area contributed by atoms with E-state index in [-0.39, 0.29) is 11.6 Å². The fourth-order valence-corrected chi connectivity index (χ4v) is 1.80. The highest BCUT2D eigenvalue weighted by Gasteiger charge is 2.08. The van der Waals surface area contributed by atoms with E-state index in [2.05, 4.69) is 20.3 Å². The summed E-state index contributed by atoms with van der Waals surface area (Å²) in [7, 11) is 0. The van der Waals surface area contributed by atoms with Gasteiger partial charge in [-0.15, -0.1) is 0 Å². The molecule has 0 saturated heterocycles. The van der Waals surface area contributed by atoms with E-state index in [4.69, 9.17) is 0 Å². The third-order valence-corrected chi connectivity index (χ3v) is 2.63. The first-order chi connectivity index (χ1) is 9.22. The quantitative estimate of drug-likeness (QED) is 0.754. The number of carbonyl (C=O) groups excluding carboxylic acids is 1. The summed E-state index contributed by atoms with van der Waals surface area (Å²) in [5.74, 6) is -0.288. The van der Waals surface area contributed by atoms with E-state index >= 15 is 0 Å². The maximum absolute atomic E-state index is 11.9. The molecule has 0 unspecified atom stereocenters. The predicted octanol–water partition coefficient (Wildman–Crippen LogP) is 1.69. The van der Waals surface area contributed by atoms with Crippen LogP contribution in [0.15, 0.2) is 43.1 Å². The molecule has 0 aromatic carbocycles. The largest absolute Gasteiger partial charge is 0.319 e. The Morgan fingerprint density at radius 2 is 2.16 bits per heavy atom. The number of fused-ring (bicyclic) bond motifs is 1. The van der Waals surface area contributed by atoms with Gasteiger partial charge in [-0.2, -0.15) is 0 Å². The Bertz CT molecular complexity index is 735. The zero-order chi connectivity index (χ0) is 13.2. The molecule has 3 rings (SSSR count). The molecule has 19 heavy (non-hydrogen) atoms. The Kier molecular flexibility index (Phi) is 2.68. The van der Waals surface area contributed by atoms with E-state index in [1.165, 1.54) is 18.6 Å². The van der Waals surface area contributed by atoms with Crippen molar-refractivity contribution < 1.29 is 4.79 Å². The van der Waals surface area contributed by atoms with Gasteiger partial charge in [0.15, 0.2) is 0 Å². The van der Waals surface area contributed by atoms with E-state index in [0.29, 0.717) is 5.69 Å². The van der Waals surface area contributed by atoms with Crippen LogP contribution >= 0.6 is 0 Å². The summed E-state index contributed by atoms with van der Waals surface area (Å²) in [5.41, 5.74) is 2.73. The lowest BCUT2D eigenvalue weighted by molar-refractivity contribution is 0.102. The minimum Gasteiger partial charge on any atom is -0.319 e. The molecule has 3 heterocycles. The van der Waals surface area contributed by atoms with Crippen LogP contribution in [0.4, 0.5) is 5.69 Å². The van der Waals surface area contributed by atoms with Crippen LogP contribution in [0.2, 0.25) is 0 Å². The number of carbonyl (C=O) groups is 1. The van der Waals surface area contributed by atoms with Crippen LogP contribution < -0.4 is 5.32 Å². The van der Waals surface area contributed by atoms with Gasteiger partial charge >= 0.3 is 0 Å². The fraction of sp³-hybridized carbons (Fsp3) is 0.0769. The number of nitrogens with zero attached hydrogens (tertiary/aromatic N) is 4. The molecule has 6 nitrogen and oxygen atoms in total. The lowest BCUT2D eigenvalue weighted by Crippen LogP contribution is -2.14. The molecule has 0 saturated carbocycles. The molecule has 0 aliphatic heterocycles. The number of hydrogen-bond acceptors (Lipinski definition) is 4. The molecule has 94 valence electrons. The highest BCUT2D eigenvalue weighted by Crippen LogP contribution is 2.12. The molecule has 0 atom stereocenters. The third-order valence-electron chi connectivity index (χ3n) is 2.63. The summed E-state index contributed by atoms with van der Waals surface area (Å²) in [6.45, 7) is 1.92. The van der Waals surface area contributed by atoms with Gasteiger partial charge < -0.3 is 9.72 Å². The number of aryl methyl sites for hydroxylation is 1. The van der Waals surface area contributed by atoms with Gasteiger partial charge in [0.2, 0.25) is 0 Å². The van der Waals surface area contributed by atoms with Crippen molar-refractivity contribution >= 4 is 17.2 Å². The average molecular weight is 253 g/mol. The molecular formula is C13H11N5O. The van der Waals surface area contributed by atoms with Gasteiger partial charge in [-0.05, 0) is 19.1 Å². The predicted molar refractivity (Wildman–Crippen MR) is 69.9 cm³/mol. The topological polar surface area (TPSA) is 72.2 Å². The van der Waals surface area contributed by atoms with Crippen LogP contribution in [0.1, 0.15) is 16.2 Å². The second kappa shape index (κ2) is 4.49. The maximum Gasteiger partial charge on any atom is 0.275 e. The standard InChI is InChI=1S/C13H11N5O/c1-9-7-18-8-10(2-3-12(18)16-9)17-13(19)11-6-14-4-5-15-11/h2-8H,1H3,(H,17,19). The molecule has 0 radical (unpaired) electrons. The molecule has 0 aliphatic carbocycles. The number of amides is 1. The number of rotatable bonds is 2. The summed E-state index contributed by atoms with van der Waals surface area (Å²) in [6, 6.07) is 3.65. The number of hydrogen-bond donors (Lipinski definition) is 1. The van der Waals surface area contributed by atoms with Gasteiger partial charge in [0.1, 0.15) is 11.3 Å². The Labute approximate surface area is 109 Å². The Morgan fingerprint density at radius 3 is 2.95 bits per heavy atom. The van der Waals surface area contributed by atoms with Crippen LogP contribution in [-0.2, 0) is 0 Å². The molecule has 0 fully saturated rings. The van der Waals surface area contributed by atoms with Crippen molar-refractivity contribution in [2.24, 2.45) is 0 Å². The van der Waals surface area contributed by atoms with Crippen molar-refractivity contribution in [3.63, 3.8) is 0 Å². The minimum atomic E-state index is -0.288. The zero-order valence-electron chi connectivity index (χ0n) is 10.2. The molecule has 1 amide bonds. The van der Waals surface area contributed by atoms with Crippen molar-refractivity contribution in [2.75, 3.05) is 5.32 Å². The van der Waals surface area contributed by atoms with Crippen molar-refractivity contribution in [1.29, 1.82) is 0 Å². The van der Waals surface area contributed by atoms with Crippen molar-refractivity contribution in [2.45, 2.75) is 6.92 Å². The lowest BCUT2D eigenvalue weighted by Gasteiger charge is -2.04. The van der Waals surface area contributed by atoms with Crippen LogP contribution in [0, 0.1) is 6.92 Å². The Hall–Kier alpha value is -2.76. The summed E-state index contributed by atoms with van der Waals surface area (Å²) in [6.07, 6.45) is 8.14. The number of nitrogens with one attached hydrogen (secondary N) is 1. The van der Waals surface area contributed by atoms with Crippen LogP contribution in [-0.4, -0.2) is 25.3 Å². The minimum absolute atomic E-state index is 0.282. The average Bonchev–Trinajstić information content (AvgIpc) is 2.79. The van der Waals surface area contributed by atoms with E-state index in [9.17, 15) is 4.79 Å². The van der Waals surface area contributed by atoms with E-state index in [1.807, 2.05) is 29.8 Å². The van der Waals surface area contributed by atoms with Crippen molar-refractivity contribution in [1.82, 2.24) is 19.4 Å². The molecular weight excluding hydrogens is 242 g/mol. The molecule has 3 aromatic rings. The van der Waals surface area contributed by atoms with Crippen LogP contribution in [0.3, 0.4) is 0 Å². The second-order valence-corrected chi connectivity index (χ2v) is 4.11. The molecule has 1 N–H and O–H groups in total. The maximum atomic E-state index is 11.9. The second-order valence-electron chi connectivity index (χ2n) is 4.11. The normalized spacial score (nSPS) is 10.6. The van der Waals surface area contributed by atoms with E-state index < -0.39 is 0 Å². The molecule has 0 spiro atoms. The molecule has 6 heteroatoms. The SMILES string of the molecule is Cc1cn2cc(NC(=O)c3cnccn3)ccc2n1.